The summed E-state index contributed by atoms with van der Waals surface area (Å²) >= 11 is 0. The van der Waals surface area contributed by atoms with Crippen LogP contribution < -0.4 is 19.9 Å². The second-order valence-electron chi connectivity index (χ2n) is 8.24. The first kappa shape index (κ1) is 24.4. The van der Waals surface area contributed by atoms with Crippen LogP contribution in [0.15, 0.2) is 52.0 Å². The van der Waals surface area contributed by atoms with Crippen LogP contribution in [0.5, 0.6) is 11.5 Å². The van der Waals surface area contributed by atoms with Crippen LogP contribution in [0, 0.1) is 12.3 Å². The van der Waals surface area contributed by atoms with Gasteiger partial charge in [-0.05, 0) is 35.7 Å². The Labute approximate surface area is 215 Å². The van der Waals surface area contributed by atoms with Gasteiger partial charge in [-0.25, -0.2) is 4.21 Å². The first-order valence-corrected chi connectivity index (χ1v) is 12.5. The zero-order chi connectivity index (χ0) is 25.9. The lowest BCUT2D eigenvalue weighted by atomic mass is 10.1. The van der Waals surface area contributed by atoms with Crippen LogP contribution in [0.4, 0.5) is 5.82 Å². The highest BCUT2D eigenvalue weighted by atomic mass is 32.2. The summed E-state index contributed by atoms with van der Waals surface area (Å²) in [7, 11) is -0.149. The minimum absolute atomic E-state index is 0.272. The van der Waals surface area contributed by atoms with E-state index >= 15 is 0 Å². The number of aromatic nitrogens is 3. The molecule has 1 amide bonds. The highest BCUT2D eigenvalue weighted by Crippen LogP contribution is 2.35. The number of methoxy groups -OCH3 is 1. The van der Waals surface area contributed by atoms with Gasteiger partial charge in [0.15, 0.2) is 22.4 Å². The maximum absolute atomic E-state index is 13.1. The van der Waals surface area contributed by atoms with E-state index in [1.54, 1.807) is 35.4 Å². The van der Waals surface area contributed by atoms with E-state index in [1.807, 2.05) is 16.8 Å². The number of nitrogens with one attached hydrogen (secondary N) is 1. The summed E-state index contributed by atoms with van der Waals surface area (Å²) in [5.41, 5.74) is 8.72. The van der Waals surface area contributed by atoms with Crippen molar-refractivity contribution in [2.24, 2.45) is 5.73 Å². The quantitative estimate of drug-likeness (QED) is 0.320. The van der Waals surface area contributed by atoms with Crippen LogP contribution in [-0.2, 0) is 35.4 Å². The van der Waals surface area contributed by atoms with Gasteiger partial charge in [0.1, 0.15) is 28.4 Å². The Kier molecular flexibility index (Phi) is 6.80. The number of rotatable bonds is 9. The highest BCUT2D eigenvalue weighted by molar-refractivity contribution is 7.86. The van der Waals surface area contributed by atoms with Gasteiger partial charge < -0.3 is 24.6 Å². The predicted octanol–water partition coefficient (Wildman–Crippen LogP) is 2.03. The van der Waals surface area contributed by atoms with E-state index in [0.29, 0.717) is 60.1 Å². The fourth-order valence-electron chi connectivity index (χ4n) is 4.20. The summed E-state index contributed by atoms with van der Waals surface area (Å²) < 4.78 is 34.7. The standard InChI is InChI=1S/C25H24N6O5S/c1-3-23(32)30-14-17-12-27-31(18(17)15-30)13-16-10-20(34-2)24-21(11-16)36-28-25(24)29-37(33)22-7-5-4-6-19(22)35-9-8-26/h1,4-7,10-12H,8-9,13-15,26H2,2H3,(H,28,29). The van der Waals surface area contributed by atoms with Crippen molar-refractivity contribution in [3.05, 3.63) is 59.4 Å². The number of ether oxygens (including phenoxy) is 2. The largest absolute Gasteiger partial charge is 0.496 e. The van der Waals surface area contributed by atoms with Gasteiger partial charge >= 0.3 is 0 Å². The molecule has 1 atom stereocenters. The lowest BCUT2D eigenvalue weighted by molar-refractivity contribution is -0.125. The number of terminal acetylenes is 1. The predicted molar refractivity (Wildman–Crippen MR) is 136 cm³/mol. The Morgan fingerprint density at radius 3 is 2.92 bits per heavy atom. The monoisotopic (exact) mass is 520 g/mol. The lowest BCUT2D eigenvalue weighted by Gasteiger charge is -2.13. The van der Waals surface area contributed by atoms with E-state index in [-0.39, 0.29) is 11.7 Å². The van der Waals surface area contributed by atoms with E-state index < -0.39 is 11.0 Å². The Bertz CT molecular complexity index is 1540. The summed E-state index contributed by atoms with van der Waals surface area (Å²) in [6.45, 7) is 1.90. The van der Waals surface area contributed by atoms with E-state index in [0.717, 1.165) is 16.8 Å². The van der Waals surface area contributed by atoms with Crippen molar-refractivity contribution in [3.63, 3.8) is 0 Å². The molecule has 12 heteroatoms. The molecule has 1 aliphatic rings. The number of hydrogen-bond donors (Lipinski definition) is 2. The van der Waals surface area contributed by atoms with Gasteiger partial charge in [-0.1, -0.05) is 17.3 Å². The van der Waals surface area contributed by atoms with Gasteiger partial charge in [-0.3, -0.25) is 14.2 Å². The molecular weight excluding hydrogens is 496 g/mol. The Morgan fingerprint density at radius 2 is 2.14 bits per heavy atom. The van der Waals surface area contributed by atoms with Gasteiger partial charge in [0.05, 0.1) is 38.6 Å². The zero-order valence-corrected chi connectivity index (χ0v) is 20.8. The van der Waals surface area contributed by atoms with Crippen LogP contribution in [0.25, 0.3) is 11.0 Å². The van der Waals surface area contributed by atoms with Crippen LogP contribution in [0.1, 0.15) is 16.8 Å². The van der Waals surface area contributed by atoms with Crippen LogP contribution >= 0.6 is 0 Å². The number of hydrogen-bond acceptors (Lipinski definition) is 8. The summed E-state index contributed by atoms with van der Waals surface area (Å²) in [4.78, 5) is 13.9. The molecular formula is C25H24N6O5S. The maximum Gasteiger partial charge on any atom is 0.298 e. The molecule has 3 N–H and O–H groups in total. The Hall–Kier alpha value is -4.34. The normalized spacial score (nSPS) is 13.3. The van der Waals surface area contributed by atoms with Gasteiger partial charge in [-0.2, -0.15) is 5.10 Å². The van der Waals surface area contributed by atoms with Crippen LogP contribution in [-0.4, -0.2) is 50.2 Å². The molecule has 0 saturated heterocycles. The molecule has 0 bridgehead atoms. The zero-order valence-electron chi connectivity index (χ0n) is 20.0. The maximum atomic E-state index is 13.1. The fourth-order valence-corrected chi connectivity index (χ4v) is 5.13. The first-order chi connectivity index (χ1) is 18.0. The number of nitrogens with two attached hydrogens (primary N) is 1. The number of carbonyl (C=O) groups is 1. The summed E-state index contributed by atoms with van der Waals surface area (Å²) in [6, 6.07) is 10.7. The fraction of sp³-hybridized carbons (Fsp3) is 0.240. The molecule has 37 heavy (non-hydrogen) atoms. The van der Waals surface area contributed by atoms with Gasteiger partial charge in [0.25, 0.3) is 5.91 Å². The van der Waals surface area contributed by atoms with Crippen molar-refractivity contribution in [1.82, 2.24) is 19.8 Å². The Balaban J connectivity index is 1.39. The second-order valence-corrected chi connectivity index (χ2v) is 9.42. The average Bonchev–Trinajstić information content (AvgIpc) is 3.62. The van der Waals surface area contributed by atoms with Gasteiger partial charge in [0, 0.05) is 12.1 Å². The van der Waals surface area contributed by atoms with Gasteiger partial charge in [-0.15, -0.1) is 6.42 Å². The molecule has 11 nitrogen and oxygen atoms in total. The van der Waals surface area contributed by atoms with Crippen molar-refractivity contribution in [2.75, 3.05) is 25.0 Å². The summed E-state index contributed by atoms with van der Waals surface area (Å²) in [5, 5.41) is 9.11. The molecule has 2 aromatic heterocycles. The van der Waals surface area contributed by atoms with Crippen molar-refractivity contribution < 1.29 is 23.0 Å². The van der Waals surface area contributed by atoms with Crippen LogP contribution in [0.3, 0.4) is 0 Å². The van der Waals surface area contributed by atoms with E-state index in [9.17, 15) is 9.00 Å². The number of nitrogens with zero attached hydrogens (tertiary/aromatic N) is 4. The number of anilines is 1. The topological polar surface area (TPSA) is 138 Å². The third-order valence-corrected chi connectivity index (χ3v) is 7.03. The van der Waals surface area contributed by atoms with Crippen molar-refractivity contribution >= 4 is 33.7 Å². The number of fused-ring (bicyclic) bond motifs is 2. The van der Waals surface area contributed by atoms with Crippen molar-refractivity contribution in [1.29, 1.82) is 0 Å². The van der Waals surface area contributed by atoms with Crippen molar-refractivity contribution in [2.45, 2.75) is 24.5 Å². The highest BCUT2D eigenvalue weighted by Gasteiger charge is 2.27. The minimum Gasteiger partial charge on any atom is -0.496 e. The van der Waals surface area contributed by atoms with Gasteiger partial charge in [0.2, 0.25) is 0 Å². The number of para-hydroxylation sites is 1. The third kappa shape index (κ3) is 4.74. The molecule has 3 heterocycles. The molecule has 0 fully saturated rings. The molecule has 0 radical (unpaired) electrons. The first-order valence-electron chi connectivity index (χ1n) is 11.4. The molecule has 5 rings (SSSR count). The summed E-state index contributed by atoms with van der Waals surface area (Å²) in [6.07, 6.45) is 7.01. The second kappa shape index (κ2) is 10.3. The van der Waals surface area contributed by atoms with E-state index in [4.69, 9.17) is 26.2 Å². The van der Waals surface area contributed by atoms with E-state index in [1.165, 1.54) is 7.11 Å². The third-order valence-electron chi connectivity index (χ3n) is 5.91. The molecule has 0 aliphatic carbocycles. The SMILES string of the molecule is C#CC(=O)N1Cc2cnn(Cc3cc(OC)c4c(NS(=O)c5ccccc5OCCN)noc4c3)c2C1. The molecule has 4 aromatic rings. The molecule has 0 saturated carbocycles. The van der Waals surface area contributed by atoms with E-state index in [2.05, 4.69) is 20.9 Å². The Morgan fingerprint density at radius 1 is 1.30 bits per heavy atom. The number of carbonyl (C=O) groups excluding carboxylic acids is 1. The van der Waals surface area contributed by atoms with Crippen LogP contribution in [0.2, 0.25) is 0 Å². The smallest absolute Gasteiger partial charge is 0.298 e. The molecule has 0 spiro atoms. The average molecular weight is 521 g/mol. The number of amides is 1. The number of benzene rings is 2. The summed E-state index contributed by atoms with van der Waals surface area (Å²) in [5.74, 6) is 3.04. The lowest BCUT2D eigenvalue weighted by Crippen LogP contribution is -2.24. The molecule has 1 unspecified atom stereocenters. The molecule has 190 valence electrons. The van der Waals surface area contributed by atoms with Crippen molar-refractivity contribution in [3.8, 4) is 23.8 Å². The molecule has 2 aromatic carbocycles. The minimum atomic E-state index is -1.69. The molecule has 1 aliphatic heterocycles.